The van der Waals surface area contributed by atoms with E-state index in [-0.39, 0.29) is 17.9 Å². The van der Waals surface area contributed by atoms with Crippen molar-refractivity contribution in [2.24, 2.45) is 0 Å². The first-order valence-electron chi connectivity index (χ1n) is 20.0. The molecular formula is C40H76O5. The zero-order valence-electron chi connectivity index (χ0n) is 30.3. The van der Waals surface area contributed by atoms with Crippen LogP contribution in [0.4, 0.5) is 0 Å². The topological polar surface area (TPSA) is 69.7 Å². The number of carbonyl (C=O) groups excluding carboxylic acids is 3. The maximum absolute atomic E-state index is 11.9. The van der Waals surface area contributed by atoms with E-state index >= 15 is 0 Å². The van der Waals surface area contributed by atoms with Crippen LogP contribution in [0.2, 0.25) is 0 Å². The Morgan fingerprint density at radius 3 is 0.867 bits per heavy atom. The minimum Gasteiger partial charge on any atom is -0.466 e. The quantitative estimate of drug-likeness (QED) is 0.0389. The standard InChI is InChI=1S/C40H76O5/c1-3-5-7-9-11-13-15-16-17-18-19-20-22-27-31-35-39(42)45-40(43)36-32-28-24-23-26-30-34-38(41)44-37-33-29-25-21-14-12-10-8-6-4-2/h3-37H2,1-2H3. The van der Waals surface area contributed by atoms with Gasteiger partial charge in [-0.15, -0.1) is 0 Å². The van der Waals surface area contributed by atoms with Crippen molar-refractivity contribution in [1.29, 1.82) is 0 Å². The lowest BCUT2D eigenvalue weighted by Crippen LogP contribution is -2.11. The Kier molecular flexibility index (Phi) is 35.9. The van der Waals surface area contributed by atoms with Gasteiger partial charge < -0.3 is 9.47 Å². The molecule has 0 aliphatic heterocycles. The highest BCUT2D eigenvalue weighted by molar-refractivity contribution is 5.85. The molecule has 0 saturated carbocycles. The molecule has 0 spiro atoms. The lowest BCUT2D eigenvalue weighted by atomic mass is 10.0. The average Bonchev–Trinajstić information content (AvgIpc) is 3.03. The highest BCUT2D eigenvalue weighted by Gasteiger charge is 2.10. The van der Waals surface area contributed by atoms with Crippen molar-refractivity contribution < 1.29 is 23.9 Å². The zero-order chi connectivity index (χ0) is 32.9. The molecule has 0 aliphatic carbocycles. The Hall–Kier alpha value is -1.39. The summed E-state index contributed by atoms with van der Waals surface area (Å²) in [4.78, 5) is 35.8. The van der Waals surface area contributed by atoms with E-state index < -0.39 is 0 Å². The van der Waals surface area contributed by atoms with Gasteiger partial charge in [0.25, 0.3) is 0 Å². The Bertz CT molecular complexity index is 647. The maximum Gasteiger partial charge on any atom is 0.313 e. The summed E-state index contributed by atoms with van der Waals surface area (Å²) >= 11 is 0. The van der Waals surface area contributed by atoms with Gasteiger partial charge in [0.15, 0.2) is 0 Å². The molecule has 5 nitrogen and oxygen atoms in total. The summed E-state index contributed by atoms with van der Waals surface area (Å²) in [7, 11) is 0. The number of esters is 3. The smallest absolute Gasteiger partial charge is 0.313 e. The van der Waals surface area contributed by atoms with Gasteiger partial charge in [0.1, 0.15) is 0 Å². The van der Waals surface area contributed by atoms with E-state index in [0.717, 1.165) is 64.2 Å². The number of hydrogen-bond acceptors (Lipinski definition) is 5. The Balaban J connectivity index is 3.35. The van der Waals surface area contributed by atoms with E-state index in [2.05, 4.69) is 13.8 Å². The maximum atomic E-state index is 11.9. The third-order valence-corrected chi connectivity index (χ3v) is 8.98. The van der Waals surface area contributed by atoms with Gasteiger partial charge in [-0.05, 0) is 25.7 Å². The summed E-state index contributed by atoms with van der Waals surface area (Å²) in [6, 6.07) is 0. The second-order valence-electron chi connectivity index (χ2n) is 13.6. The number of unbranched alkanes of at least 4 members (excludes halogenated alkanes) is 28. The molecule has 0 amide bonds. The molecule has 0 saturated heterocycles. The summed E-state index contributed by atoms with van der Waals surface area (Å²) in [5.74, 6) is -0.816. The van der Waals surface area contributed by atoms with Crippen LogP contribution in [0.5, 0.6) is 0 Å². The fraction of sp³-hybridized carbons (Fsp3) is 0.925. The molecule has 0 rings (SSSR count). The molecule has 0 aromatic rings. The van der Waals surface area contributed by atoms with Gasteiger partial charge in [0, 0.05) is 19.3 Å². The number of carbonyl (C=O) groups is 3. The third-order valence-electron chi connectivity index (χ3n) is 8.98. The summed E-state index contributed by atoms with van der Waals surface area (Å²) in [5, 5.41) is 0. The molecule has 45 heavy (non-hydrogen) atoms. The number of hydrogen-bond donors (Lipinski definition) is 0. The van der Waals surface area contributed by atoms with Crippen LogP contribution in [-0.4, -0.2) is 24.5 Å². The summed E-state index contributed by atoms with van der Waals surface area (Å²) in [6.45, 7) is 5.09. The van der Waals surface area contributed by atoms with Crippen LogP contribution < -0.4 is 0 Å². The summed E-state index contributed by atoms with van der Waals surface area (Å²) in [6.07, 6.45) is 39.1. The highest BCUT2D eigenvalue weighted by Crippen LogP contribution is 2.15. The lowest BCUT2D eigenvalue weighted by molar-refractivity contribution is -0.159. The first-order chi connectivity index (χ1) is 22.1. The molecule has 0 N–H and O–H groups in total. The van der Waals surface area contributed by atoms with Gasteiger partial charge in [-0.1, -0.05) is 187 Å². The van der Waals surface area contributed by atoms with Crippen molar-refractivity contribution in [3.63, 3.8) is 0 Å². The fourth-order valence-corrected chi connectivity index (χ4v) is 5.96. The predicted molar refractivity (Wildman–Crippen MR) is 190 cm³/mol. The van der Waals surface area contributed by atoms with Crippen LogP contribution in [0.25, 0.3) is 0 Å². The van der Waals surface area contributed by atoms with E-state index in [1.54, 1.807) is 0 Å². The summed E-state index contributed by atoms with van der Waals surface area (Å²) < 4.78 is 10.4. The average molecular weight is 637 g/mol. The molecule has 0 bridgehead atoms. The lowest BCUT2D eigenvalue weighted by Gasteiger charge is -2.06. The molecule has 0 fully saturated rings. The van der Waals surface area contributed by atoms with Gasteiger partial charge >= 0.3 is 17.9 Å². The minimum atomic E-state index is -0.383. The summed E-state index contributed by atoms with van der Waals surface area (Å²) in [5.41, 5.74) is 0. The SMILES string of the molecule is CCCCCCCCCCCCCCCCCC(=O)OC(=O)CCCCCCCCC(=O)OCCCCCCCCCCCC. The first kappa shape index (κ1) is 43.6. The third kappa shape index (κ3) is 36.9. The van der Waals surface area contributed by atoms with E-state index in [9.17, 15) is 14.4 Å². The molecule has 0 unspecified atom stereocenters. The predicted octanol–water partition coefficient (Wildman–Crippen LogP) is 12.9. The van der Waals surface area contributed by atoms with Gasteiger partial charge in [-0.2, -0.15) is 0 Å². The Morgan fingerprint density at radius 2 is 0.556 bits per heavy atom. The monoisotopic (exact) mass is 637 g/mol. The largest absolute Gasteiger partial charge is 0.466 e. The van der Waals surface area contributed by atoms with E-state index in [4.69, 9.17) is 9.47 Å². The van der Waals surface area contributed by atoms with E-state index in [1.807, 2.05) is 0 Å². The minimum absolute atomic E-state index is 0.0670. The second-order valence-corrected chi connectivity index (χ2v) is 13.6. The van der Waals surface area contributed by atoms with Crippen LogP contribution in [-0.2, 0) is 23.9 Å². The van der Waals surface area contributed by atoms with Crippen molar-refractivity contribution in [3.05, 3.63) is 0 Å². The van der Waals surface area contributed by atoms with Crippen molar-refractivity contribution in [1.82, 2.24) is 0 Å². The molecule has 5 heteroatoms. The molecule has 0 radical (unpaired) electrons. The Morgan fingerprint density at radius 1 is 0.311 bits per heavy atom. The van der Waals surface area contributed by atoms with Gasteiger partial charge in [0.05, 0.1) is 6.61 Å². The zero-order valence-corrected chi connectivity index (χ0v) is 30.3. The number of rotatable bonds is 36. The molecule has 0 heterocycles. The van der Waals surface area contributed by atoms with Crippen molar-refractivity contribution in [2.75, 3.05) is 6.61 Å². The first-order valence-corrected chi connectivity index (χ1v) is 20.0. The van der Waals surface area contributed by atoms with Crippen molar-refractivity contribution in [2.45, 2.75) is 232 Å². The number of ether oxygens (including phenoxy) is 2. The van der Waals surface area contributed by atoms with Crippen molar-refractivity contribution >= 4 is 17.9 Å². The molecule has 0 aliphatic rings. The molecule has 0 aromatic heterocycles. The van der Waals surface area contributed by atoms with Crippen LogP contribution in [0.1, 0.15) is 232 Å². The van der Waals surface area contributed by atoms with Gasteiger partial charge in [-0.25, -0.2) is 0 Å². The molecular weight excluding hydrogens is 560 g/mol. The second kappa shape index (κ2) is 37.1. The Labute approximate surface area is 280 Å². The van der Waals surface area contributed by atoms with Crippen LogP contribution in [0.15, 0.2) is 0 Å². The molecule has 266 valence electrons. The van der Waals surface area contributed by atoms with Crippen molar-refractivity contribution in [3.8, 4) is 0 Å². The van der Waals surface area contributed by atoms with E-state index in [1.165, 1.54) is 135 Å². The molecule has 0 aromatic carbocycles. The van der Waals surface area contributed by atoms with Gasteiger partial charge in [-0.3, -0.25) is 14.4 Å². The van der Waals surface area contributed by atoms with Crippen LogP contribution in [0, 0.1) is 0 Å². The molecule has 0 atom stereocenters. The van der Waals surface area contributed by atoms with Crippen LogP contribution >= 0.6 is 0 Å². The van der Waals surface area contributed by atoms with E-state index in [0.29, 0.717) is 25.9 Å². The normalized spacial score (nSPS) is 11.2. The highest BCUT2D eigenvalue weighted by atomic mass is 16.6. The van der Waals surface area contributed by atoms with Gasteiger partial charge in [0.2, 0.25) is 0 Å². The fourth-order valence-electron chi connectivity index (χ4n) is 5.96. The van der Waals surface area contributed by atoms with Crippen LogP contribution in [0.3, 0.4) is 0 Å².